The summed E-state index contributed by atoms with van der Waals surface area (Å²) < 4.78 is 8.43. The van der Waals surface area contributed by atoms with Gasteiger partial charge in [-0.05, 0) is 5.56 Å². The highest BCUT2D eigenvalue weighted by Gasteiger charge is 2.23. The van der Waals surface area contributed by atoms with Crippen molar-refractivity contribution in [3.8, 4) is 0 Å². The van der Waals surface area contributed by atoms with Crippen molar-refractivity contribution in [2.75, 3.05) is 19.8 Å². The Labute approximate surface area is 138 Å². The van der Waals surface area contributed by atoms with Gasteiger partial charge >= 0.3 is 6.09 Å². The van der Waals surface area contributed by atoms with Crippen molar-refractivity contribution in [3.05, 3.63) is 35.9 Å². The third kappa shape index (κ3) is 9.01. The maximum absolute atomic E-state index is 11.4. The topological polar surface area (TPSA) is 67.8 Å². The highest BCUT2D eigenvalue weighted by molar-refractivity contribution is 6.67. The lowest BCUT2D eigenvalue weighted by Gasteiger charge is -2.17. The molecule has 0 aliphatic heterocycles. The first kappa shape index (κ1) is 18.3. The molecule has 5 nitrogen and oxygen atoms in total. The number of amides is 1. The summed E-state index contributed by atoms with van der Waals surface area (Å²) in [5.74, 6) is 0. The third-order valence-electron chi connectivity index (χ3n) is 2.34. The Balaban J connectivity index is 2.26. The van der Waals surface area contributed by atoms with Gasteiger partial charge in [0.25, 0.3) is 0 Å². The number of hydrogen-bond acceptors (Lipinski definition) is 4. The number of benzene rings is 1. The first-order valence-corrected chi connectivity index (χ1v) is 7.26. The first-order valence-electron chi connectivity index (χ1n) is 6.13. The zero-order valence-electron chi connectivity index (χ0n) is 11.1. The molecule has 0 fully saturated rings. The molecule has 0 bridgehead atoms. The summed E-state index contributed by atoms with van der Waals surface area (Å²) in [5, 5.41) is 11.6. The monoisotopic (exact) mass is 355 g/mol. The molecule has 0 saturated heterocycles. The summed E-state index contributed by atoms with van der Waals surface area (Å²) in [6, 6.07) is 8.93. The number of alkyl carbamates (subject to hydrolysis) is 1. The number of halogens is 3. The van der Waals surface area contributed by atoms with Crippen molar-refractivity contribution < 1.29 is 19.4 Å². The Bertz CT molecular complexity index is 425. The van der Waals surface area contributed by atoms with Crippen molar-refractivity contribution in [1.82, 2.24) is 5.32 Å². The lowest BCUT2D eigenvalue weighted by Crippen LogP contribution is -2.41. The Hall–Kier alpha value is -0.720. The van der Waals surface area contributed by atoms with Gasteiger partial charge < -0.3 is 19.9 Å². The number of alkyl halides is 3. The van der Waals surface area contributed by atoms with E-state index in [1.165, 1.54) is 0 Å². The summed E-state index contributed by atoms with van der Waals surface area (Å²) in [6.45, 7) is -0.166. The summed E-state index contributed by atoms with van der Waals surface area (Å²) in [6.07, 6.45) is -0.788. The molecule has 0 heterocycles. The largest absolute Gasteiger partial charge is 0.445 e. The van der Waals surface area contributed by atoms with E-state index in [2.05, 4.69) is 5.32 Å². The van der Waals surface area contributed by atoms with Crippen LogP contribution in [0.25, 0.3) is 0 Å². The second-order valence-electron chi connectivity index (χ2n) is 4.22. The Morgan fingerprint density at radius 2 is 1.95 bits per heavy atom. The highest BCUT2D eigenvalue weighted by Crippen LogP contribution is 2.25. The number of hydrogen-bond donors (Lipinski definition) is 2. The number of rotatable bonds is 7. The molecule has 21 heavy (non-hydrogen) atoms. The number of carbonyl (C=O) groups is 1. The van der Waals surface area contributed by atoms with Crippen LogP contribution in [0.1, 0.15) is 5.56 Å². The minimum absolute atomic E-state index is 0.133. The summed E-state index contributed by atoms with van der Waals surface area (Å²) in [4.78, 5) is 11.4. The van der Waals surface area contributed by atoms with Gasteiger partial charge in [0.05, 0.1) is 25.9 Å². The molecule has 1 rings (SSSR count). The maximum atomic E-state index is 11.4. The van der Waals surface area contributed by atoms with Gasteiger partial charge in [-0.2, -0.15) is 0 Å². The fraction of sp³-hybridized carbons (Fsp3) is 0.462. The Kier molecular flexibility index (Phi) is 8.14. The molecule has 0 saturated carbocycles. The molecule has 1 unspecified atom stereocenters. The van der Waals surface area contributed by atoms with Gasteiger partial charge in [0.15, 0.2) is 0 Å². The number of carbonyl (C=O) groups excluding carboxylic acids is 1. The van der Waals surface area contributed by atoms with Gasteiger partial charge in [0, 0.05) is 0 Å². The van der Waals surface area contributed by atoms with Gasteiger partial charge in [-0.1, -0.05) is 65.1 Å². The highest BCUT2D eigenvalue weighted by atomic mass is 35.6. The van der Waals surface area contributed by atoms with Gasteiger partial charge in [0.2, 0.25) is 3.79 Å². The minimum atomic E-state index is -1.67. The zero-order valence-corrected chi connectivity index (χ0v) is 13.4. The van der Waals surface area contributed by atoms with E-state index in [4.69, 9.17) is 44.3 Å². The summed E-state index contributed by atoms with van der Waals surface area (Å²) in [5.41, 5.74) is 0.993. The van der Waals surface area contributed by atoms with Crippen molar-refractivity contribution in [3.63, 3.8) is 0 Å². The van der Waals surface area contributed by atoms with E-state index in [0.717, 1.165) is 5.56 Å². The fourth-order valence-electron chi connectivity index (χ4n) is 1.39. The molecule has 0 spiro atoms. The standard InChI is InChI=1S/C13H16Cl3NO4/c14-13(15,16)9-21-12(19)17-11(6-18)8-20-7-10-4-2-1-3-5-10/h1-5,11,18H,6-9H2,(H,17,19). The predicted molar refractivity (Wildman–Crippen MR) is 81.7 cm³/mol. The van der Waals surface area contributed by atoms with Crippen LogP contribution in [0.5, 0.6) is 0 Å². The second-order valence-corrected chi connectivity index (χ2v) is 6.73. The molecule has 1 aromatic carbocycles. The zero-order chi connectivity index (χ0) is 15.7. The molecule has 118 valence electrons. The predicted octanol–water partition coefficient (Wildman–Crippen LogP) is 2.66. The number of aliphatic hydroxyl groups excluding tert-OH is 1. The van der Waals surface area contributed by atoms with Crippen LogP contribution in [0.3, 0.4) is 0 Å². The molecular weight excluding hydrogens is 341 g/mol. The molecule has 1 amide bonds. The number of nitrogens with one attached hydrogen (secondary N) is 1. The van der Waals surface area contributed by atoms with E-state index in [9.17, 15) is 9.90 Å². The van der Waals surface area contributed by atoms with E-state index < -0.39 is 15.9 Å². The average molecular weight is 357 g/mol. The molecule has 8 heteroatoms. The van der Waals surface area contributed by atoms with Crippen molar-refractivity contribution in [1.29, 1.82) is 0 Å². The number of ether oxygens (including phenoxy) is 2. The van der Waals surface area contributed by atoms with Crippen LogP contribution in [-0.2, 0) is 16.1 Å². The van der Waals surface area contributed by atoms with Gasteiger partial charge in [0.1, 0.15) is 6.61 Å². The molecule has 0 aliphatic rings. The van der Waals surface area contributed by atoms with Crippen LogP contribution in [-0.4, -0.2) is 40.9 Å². The summed E-state index contributed by atoms with van der Waals surface area (Å²) >= 11 is 16.4. The average Bonchev–Trinajstić information content (AvgIpc) is 2.44. The van der Waals surface area contributed by atoms with E-state index in [-0.39, 0.29) is 19.8 Å². The Morgan fingerprint density at radius 3 is 2.52 bits per heavy atom. The van der Waals surface area contributed by atoms with Crippen LogP contribution < -0.4 is 5.32 Å². The molecule has 1 atom stereocenters. The second kappa shape index (κ2) is 9.33. The maximum Gasteiger partial charge on any atom is 0.407 e. The molecule has 0 radical (unpaired) electrons. The lowest BCUT2D eigenvalue weighted by molar-refractivity contribution is 0.0721. The lowest BCUT2D eigenvalue weighted by atomic mass is 10.2. The third-order valence-corrected chi connectivity index (χ3v) is 2.67. The molecule has 0 aromatic heterocycles. The van der Waals surface area contributed by atoms with Crippen LogP contribution in [0.2, 0.25) is 0 Å². The van der Waals surface area contributed by atoms with Crippen LogP contribution in [0.15, 0.2) is 30.3 Å². The Morgan fingerprint density at radius 1 is 1.29 bits per heavy atom. The first-order chi connectivity index (χ1) is 9.90. The molecule has 0 aliphatic carbocycles. The summed E-state index contributed by atoms with van der Waals surface area (Å²) in [7, 11) is 0. The molecular formula is C13H16Cl3NO4. The number of aliphatic hydroxyl groups is 1. The minimum Gasteiger partial charge on any atom is -0.445 e. The van der Waals surface area contributed by atoms with Crippen LogP contribution in [0.4, 0.5) is 4.79 Å². The van der Waals surface area contributed by atoms with Gasteiger partial charge in [-0.25, -0.2) is 4.79 Å². The smallest absolute Gasteiger partial charge is 0.407 e. The van der Waals surface area contributed by atoms with E-state index in [0.29, 0.717) is 6.61 Å². The van der Waals surface area contributed by atoms with Crippen LogP contribution in [0, 0.1) is 0 Å². The van der Waals surface area contributed by atoms with Crippen molar-refractivity contribution >= 4 is 40.9 Å². The van der Waals surface area contributed by atoms with Gasteiger partial charge in [-0.15, -0.1) is 0 Å². The quantitative estimate of drug-likeness (QED) is 0.737. The van der Waals surface area contributed by atoms with Crippen LogP contribution >= 0.6 is 34.8 Å². The fourth-order valence-corrected chi connectivity index (χ4v) is 1.55. The molecule has 1 aromatic rings. The molecule has 2 N–H and O–H groups in total. The van der Waals surface area contributed by atoms with Crippen molar-refractivity contribution in [2.45, 2.75) is 16.4 Å². The SMILES string of the molecule is O=C(NC(CO)COCc1ccccc1)OCC(Cl)(Cl)Cl. The van der Waals surface area contributed by atoms with Crippen molar-refractivity contribution in [2.24, 2.45) is 0 Å². The van der Waals surface area contributed by atoms with E-state index >= 15 is 0 Å². The normalized spacial score (nSPS) is 12.8. The van der Waals surface area contributed by atoms with Gasteiger partial charge in [-0.3, -0.25) is 0 Å². The van der Waals surface area contributed by atoms with E-state index in [1.807, 2.05) is 30.3 Å². The van der Waals surface area contributed by atoms with E-state index in [1.54, 1.807) is 0 Å².